The van der Waals surface area contributed by atoms with Crippen molar-refractivity contribution in [1.29, 1.82) is 0 Å². The van der Waals surface area contributed by atoms with Crippen LogP contribution in [0.3, 0.4) is 0 Å². The zero-order chi connectivity index (χ0) is 20.8. The Morgan fingerprint density at radius 3 is 2.07 bits per heavy atom. The highest BCUT2D eigenvalue weighted by atomic mass is 19.1. The van der Waals surface area contributed by atoms with Crippen molar-refractivity contribution in [2.24, 2.45) is 11.8 Å². The van der Waals surface area contributed by atoms with Crippen LogP contribution in [0.2, 0.25) is 0 Å². The van der Waals surface area contributed by atoms with Crippen molar-refractivity contribution < 1.29 is 18.3 Å². The molecule has 1 aliphatic rings. The molecule has 1 saturated carbocycles. The zero-order valence-corrected chi connectivity index (χ0v) is 17.3. The number of aryl methyl sites for hydroxylation is 2. The molecule has 0 aromatic heterocycles. The molecule has 2 nitrogen and oxygen atoms in total. The van der Waals surface area contributed by atoms with Crippen LogP contribution in [0, 0.1) is 30.4 Å². The van der Waals surface area contributed by atoms with Crippen LogP contribution >= 0.6 is 0 Å². The third-order valence-corrected chi connectivity index (χ3v) is 6.01. The van der Waals surface area contributed by atoms with Gasteiger partial charge < -0.3 is 4.74 Å². The van der Waals surface area contributed by atoms with Gasteiger partial charge in [-0.3, -0.25) is 4.79 Å². The molecule has 2 aromatic carbocycles. The molecule has 0 aliphatic heterocycles. The molecule has 2 aromatic rings. The Hall–Kier alpha value is -2.23. The lowest BCUT2D eigenvalue weighted by molar-refractivity contribution is -0.140. The van der Waals surface area contributed by atoms with E-state index < -0.39 is 11.6 Å². The van der Waals surface area contributed by atoms with E-state index in [-0.39, 0.29) is 17.5 Å². The first-order valence-corrected chi connectivity index (χ1v) is 10.7. The summed E-state index contributed by atoms with van der Waals surface area (Å²) in [6, 6.07) is 10.5. The summed E-state index contributed by atoms with van der Waals surface area (Å²) in [5.74, 6) is 0.274. The molecule has 1 fully saturated rings. The molecular weight excluding hydrogens is 370 g/mol. The topological polar surface area (TPSA) is 26.3 Å². The highest BCUT2D eigenvalue weighted by molar-refractivity contribution is 5.75. The molecule has 0 amide bonds. The van der Waals surface area contributed by atoms with Gasteiger partial charge in [0.2, 0.25) is 0 Å². The summed E-state index contributed by atoms with van der Waals surface area (Å²) in [4.78, 5) is 12.3. The molecule has 0 bridgehead atoms. The molecular formula is C25H30F2O2. The predicted octanol–water partition coefficient (Wildman–Crippen LogP) is 6.57. The van der Waals surface area contributed by atoms with Gasteiger partial charge in [0, 0.05) is 5.56 Å². The normalized spacial score (nSPS) is 19.2. The Bertz CT molecular complexity index is 798. The molecule has 0 N–H and O–H groups in total. The van der Waals surface area contributed by atoms with E-state index in [0.29, 0.717) is 23.7 Å². The molecule has 29 heavy (non-hydrogen) atoms. The standard InChI is InChI=1S/C25H30F2O2/c1-17-7-11-21(12-8-17)25(28)29-22-13-9-19(10-14-22)5-3-4-6-20-15-23(26)18(2)24(27)16-20/h9-10,13-17,21H,3-8,11-12H2,1-2H3. The van der Waals surface area contributed by atoms with Crippen LogP contribution in [-0.2, 0) is 17.6 Å². The Morgan fingerprint density at radius 2 is 1.48 bits per heavy atom. The summed E-state index contributed by atoms with van der Waals surface area (Å²) in [5, 5.41) is 0. The van der Waals surface area contributed by atoms with Gasteiger partial charge in [0.05, 0.1) is 5.92 Å². The first-order valence-electron chi connectivity index (χ1n) is 10.7. The number of esters is 1. The summed E-state index contributed by atoms with van der Waals surface area (Å²) in [6.45, 7) is 3.68. The number of rotatable bonds is 7. The molecule has 0 unspecified atom stereocenters. The minimum absolute atomic E-state index is 0.0299. The number of hydrogen-bond donors (Lipinski definition) is 0. The molecule has 0 spiro atoms. The SMILES string of the molecule is Cc1c(F)cc(CCCCc2ccc(OC(=O)C3CCC(C)CC3)cc2)cc1F. The second-order valence-electron chi connectivity index (χ2n) is 8.41. The number of ether oxygens (including phenoxy) is 1. The number of carbonyl (C=O) groups is 1. The fourth-order valence-corrected chi connectivity index (χ4v) is 3.92. The number of benzene rings is 2. The lowest BCUT2D eigenvalue weighted by Crippen LogP contribution is -2.24. The van der Waals surface area contributed by atoms with E-state index in [4.69, 9.17) is 4.74 Å². The highest BCUT2D eigenvalue weighted by Gasteiger charge is 2.25. The molecule has 4 heteroatoms. The van der Waals surface area contributed by atoms with Gasteiger partial charge in [-0.05, 0) is 99.6 Å². The van der Waals surface area contributed by atoms with Gasteiger partial charge in [0.25, 0.3) is 0 Å². The van der Waals surface area contributed by atoms with Crippen molar-refractivity contribution in [2.45, 2.75) is 65.2 Å². The smallest absolute Gasteiger partial charge is 0.314 e. The maximum Gasteiger partial charge on any atom is 0.314 e. The summed E-state index contributed by atoms with van der Waals surface area (Å²) < 4.78 is 32.8. The Labute approximate surface area is 172 Å². The van der Waals surface area contributed by atoms with Crippen LogP contribution in [0.4, 0.5) is 8.78 Å². The third kappa shape index (κ3) is 6.12. The lowest BCUT2D eigenvalue weighted by Gasteiger charge is -2.24. The second kappa shape index (κ2) is 10.00. The van der Waals surface area contributed by atoms with Crippen molar-refractivity contribution in [3.8, 4) is 5.75 Å². The molecule has 0 atom stereocenters. The number of halogens is 2. The Balaban J connectivity index is 1.42. The summed E-state index contributed by atoms with van der Waals surface area (Å²) in [5.41, 5.74) is 1.94. The third-order valence-electron chi connectivity index (χ3n) is 6.01. The molecule has 0 saturated heterocycles. The first kappa shape index (κ1) is 21.5. The fourth-order valence-electron chi connectivity index (χ4n) is 3.92. The number of hydrogen-bond acceptors (Lipinski definition) is 2. The van der Waals surface area contributed by atoms with Crippen LogP contribution in [0.15, 0.2) is 36.4 Å². The highest BCUT2D eigenvalue weighted by Crippen LogP contribution is 2.29. The Morgan fingerprint density at radius 1 is 0.931 bits per heavy atom. The summed E-state index contributed by atoms with van der Waals surface area (Å²) in [7, 11) is 0. The fraction of sp³-hybridized carbons (Fsp3) is 0.480. The van der Waals surface area contributed by atoms with Gasteiger partial charge in [-0.25, -0.2) is 8.78 Å². The van der Waals surface area contributed by atoms with Crippen molar-refractivity contribution >= 4 is 5.97 Å². The monoisotopic (exact) mass is 400 g/mol. The molecule has 1 aliphatic carbocycles. The van der Waals surface area contributed by atoms with Gasteiger partial charge in [0.15, 0.2) is 0 Å². The van der Waals surface area contributed by atoms with Crippen LogP contribution < -0.4 is 4.74 Å². The second-order valence-corrected chi connectivity index (χ2v) is 8.41. The van der Waals surface area contributed by atoms with Crippen molar-refractivity contribution in [2.75, 3.05) is 0 Å². The maximum absolute atomic E-state index is 13.6. The quantitative estimate of drug-likeness (QED) is 0.298. The Kier molecular flexibility index (Phi) is 7.40. The van der Waals surface area contributed by atoms with Gasteiger partial charge in [-0.1, -0.05) is 19.1 Å². The average molecular weight is 401 g/mol. The van der Waals surface area contributed by atoms with Gasteiger partial charge in [-0.2, -0.15) is 0 Å². The largest absolute Gasteiger partial charge is 0.426 e. The van der Waals surface area contributed by atoms with Crippen molar-refractivity contribution in [3.05, 3.63) is 64.7 Å². The average Bonchev–Trinajstić information content (AvgIpc) is 2.71. The summed E-state index contributed by atoms with van der Waals surface area (Å²) >= 11 is 0. The van der Waals surface area contributed by atoms with Gasteiger partial charge in [-0.15, -0.1) is 0 Å². The summed E-state index contributed by atoms with van der Waals surface area (Å²) in [6.07, 6.45) is 7.37. The van der Waals surface area contributed by atoms with E-state index in [1.54, 1.807) is 0 Å². The van der Waals surface area contributed by atoms with Crippen molar-refractivity contribution in [1.82, 2.24) is 0 Å². The predicted molar refractivity (Wildman–Crippen MR) is 111 cm³/mol. The van der Waals surface area contributed by atoms with E-state index in [2.05, 4.69) is 6.92 Å². The van der Waals surface area contributed by atoms with Crippen LogP contribution in [0.5, 0.6) is 5.75 Å². The van der Waals surface area contributed by atoms with Gasteiger partial charge >= 0.3 is 5.97 Å². The van der Waals surface area contributed by atoms with E-state index in [1.165, 1.54) is 19.1 Å². The molecule has 0 radical (unpaired) electrons. The molecule has 3 rings (SSSR count). The van der Waals surface area contributed by atoms with E-state index in [1.807, 2.05) is 24.3 Å². The van der Waals surface area contributed by atoms with Gasteiger partial charge in [0.1, 0.15) is 17.4 Å². The molecule has 156 valence electrons. The van der Waals surface area contributed by atoms with Crippen molar-refractivity contribution in [3.63, 3.8) is 0 Å². The van der Waals surface area contributed by atoms with Crippen LogP contribution in [0.1, 0.15) is 62.1 Å². The molecule has 0 heterocycles. The van der Waals surface area contributed by atoms with E-state index in [0.717, 1.165) is 50.5 Å². The first-order chi connectivity index (χ1) is 13.9. The van der Waals surface area contributed by atoms with E-state index >= 15 is 0 Å². The lowest BCUT2D eigenvalue weighted by atomic mass is 9.83. The minimum Gasteiger partial charge on any atom is -0.426 e. The van der Waals surface area contributed by atoms with Crippen LogP contribution in [-0.4, -0.2) is 5.97 Å². The number of unbranched alkanes of at least 4 members (excludes halogenated alkanes) is 1. The zero-order valence-electron chi connectivity index (χ0n) is 17.3. The van der Waals surface area contributed by atoms with E-state index in [9.17, 15) is 13.6 Å². The number of carbonyl (C=O) groups excluding carboxylic acids is 1. The maximum atomic E-state index is 13.6. The van der Waals surface area contributed by atoms with Crippen LogP contribution in [0.25, 0.3) is 0 Å². The minimum atomic E-state index is -0.479.